The lowest BCUT2D eigenvalue weighted by atomic mass is 9.80. The lowest BCUT2D eigenvalue weighted by Gasteiger charge is -2.35. The molecule has 1 atom stereocenters. The molecule has 7 heteroatoms. The highest BCUT2D eigenvalue weighted by Crippen LogP contribution is 2.40. The van der Waals surface area contributed by atoms with E-state index in [4.69, 9.17) is 9.72 Å². The zero-order valence-electron chi connectivity index (χ0n) is 13.6. The van der Waals surface area contributed by atoms with Crippen LogP contribution in [0.25, 0.3) is 0 Å². The van der Waals surface area contributed by atoms with Gasteiger partial charge in [0, 0.05) is 45.5 Å². The van der Waals surface area contributed by atoms with E-state index in [1.807, 2.05) is 30.8 Å². The number of anilines is 1. The summed E-state index contributed by atoms with van der Waals surface area (Å²) in [5.41, 5.74) is 2.89. The van der Waals surface area contributed by atoms with Crippen LogP contribution in [0, 0.1) is 6.92 Å². The summed E-state index contributed by atoms with van der Waals surface area (Å²) in [4.78, 5) is 25.0. The molecule has 1 fully saturated rings. The Morgan fingerprint density at radius 3 is 2.86 bits per heavy atom. The van der Waals surface area contributed by atoms with Crippen LogP contribution < -0.4 is 10.2 Å². The number of urea groups is 1. The van der Waals surface area contributed by atoms with E-state index in [-0.39, 0.29) is 11.4 Å². The summed E-state index contributed by atoms with van der Waals surface area (Å²) >= 11 is 0. The molecule has 3 heterocycles. The molecule has 0 aromatic carbocycles. The molecule has 3 rings (SSSR count). The predicted octanol–water partition coefficient (Wildman–Crippen LogP) is 0.664. The van der Waals surface area contributed by atoms with E-state index in [2.05, 4.69) is 10.3 Å². The summed E-state index contributed by atoms with van der Waals surface area (Å²) in [6, 6.07) is -0.0393. The number of nitrogens with zero attached hydrogens (tertiary/aromatic N) is 4. The van der Waals surface area contributed by atoms with Crippen LogP contribution in [-0.2, 0) is 16.8 Å². The Bertz CT molecular complexity index is 604. The molecule has 2 amide bonds. The molecule has 1 spiro atoms. The first-order valence-corrected chi connectivity index (χ1v) is 7.56. The third-order valence-corrected chi connectivity index (χ3v) is 4.58. The number of carbonyl (C=O) groups excluding carboxylic acids is 1. The predicted molar refractivity (Wildman–Crippen MR) is 83.1 cm³/mol. The van der Waals surface area contributed by atoms with Crippen molar-refractivity contribution in [1.29, 1.82) is 0 Å². The van der Waals surface area contributed by atoms with Crippen molar-refractivity contribution >= 4 is 12.0 Å². The van der Waals surface area contributed by atoms with Crippen molar-refractivity contribution in [3.05, 3.63) is 17.0 Å². The minimum Gasteiger partial charge on any atom is -0.376 e. The lowest BCUT2D eigenvalue weighted by molar-refractivity contribution is 0.0514. The maximum absolute atomic E-state index is 11.9. The van der Waals surface area contributed by atoms with Crippen LogP contribution in [0.2, 0.25) is 0 Å². The topological polar surface area (TPSA) is 70.6 Å². The third kappa shape index (κ3) is 2.29. The van der Waals surface area contributed by atoms with Crippen LogP contribution in [0.15, 0.2) is 0 Å². The molecule has 22 heavy (non-hydrogen) atoms. The number of carbonyl (C=O) groups is 1. The number of nitrogens with one attached hydrogen (secondary N) is 1. The minimum absolute atomic E-state index is 0.0393. The van der Waals surface area contributed by atoms with Gasteiger partial charge in [0.25, 0.3) is 0 Å². The molecule has 0 saturated carbocycles. The molecular formula is C15H23N5O2. The zero-order valence-corrected chi connectivity index (χ0v) is 13.6. The maximum atomic E-state index is 11.9. The van der Waals surface area contributed by atoms with Crippen molar-refractivity contribution in [3.8, 4) is 0 Å². The molecule has 1 saturated heterocycles. The summed E-state index contributed by atoms with van der Waals surface area (Å²) in [5, 5.41) is 2.70. The molecule has 120 valence electrons. The fourth-order valence-electron chi connectivity index (χ4n) is 3.32. The van der Waals surface area contributed by atoms with Gasteiger partial charge in [-0.1, -0.05) is 0 Å². The van der Waals surface area contributed by atoms with Crippen LogP contribution >= 0.6 is 0 Å². The van der Waals surface area contributed by atoms with E-state index in [9.17, 15) is 4.79 Å². The van der Waals surface area contributed by atoms with E-state index in [1.165, 1.54) is 0 Å². The highest BCUT2D eigenvalue weighted by atomic mass is 16.5. The van der Waals surface area contributed by atoms with Crippen molar-refractivity contribution in [3.63, 3.8) is 0 Å². The quantitative estimate of drug-likeness (QED) is 0.825. The van der Waals surface area contributed by atoms with Crippen LogP contribution in [-0.4, -0.2) is 61.7 Å². The molecule has 1 aromatic rings. The van der Waals surface area contributed by atoms with Gasteiger partial charge in [-0.05, 0) is 13.3 Å². The fraction of sp³-hybridized carbons (Fsp3) is 0.667. The van der Waals surface area contributed by atoms with Crippen molar-refractivity contribution in [2.24, 2.45) is 0 Å². The second-order valence-electron chi connectivity index (χ2n) is 6.33. The molecule has 2 aliphatic heterocycles. The van der Waals surface area contributed by atoms with Crippen LogP contribution in [0.1, 0.15) is 23.4 Å². The van der Waals surface area contributed by atoms with Crippen molar-refractivity contribution in [2.75, 3.05) is 45.7 Å². The second-order valence-corrected chi connectivity index (χ2v) is 6.33. The molecule has 0 bridgehead atoms. The average Bonchev–Trinajstić information content (AvgIpc) is 2.92. The summed E-state index contributed by atoms with van der Waals surface area (Å²) in [6.45, 7) is 4.53. The number of ether oxygens (including phenoxy) is 1. The standard InChI is InChI=1S/C15H23N5O2/c1-10-11-7-22-9-15(5-6-20(8-15)14(21)16-2)12(11)18-13(17-10)19(3)4/h5-9H2,1-4H3,(H,16,21). The monoisotopic (exact) mass is 305 g/mol. The Morgan fingerprint density at radius 1 is 1.41 bits per heavy atom. The number of likely N-dealkylation sites (tertiary alicyclic amines) is 1. The Hall–Kier alpha value is -1.89. The van der Waals surface area contributed by atoms with Crippen LogP contribution in [0.5, 0.6) is 0 Å². The minimum atomic E-state index is -0.210. The normalized spacial score (nSPS) is 23.5. The summed E-state index contributed by atoms with van der Waals surface area (Å²) < 4.78 is 5.82. The van der Waals surface area contributed by atoms with Gasteiger partial charge in [0.1, 0.15) is 0 Å². The molecule has 1 N–H and O–H groups in total. The highest BCUT2D eigenvalue weighted by molar-refractivity contribution is 5.74. The first kappa shape index (κ1) is 15.0. The van der Waals surface area contributed by atoms with Gasteiger partial charge in [-0.2, -0.15) is 0 Å². The highest BCUT2D eigenvalue weighted by Gasteiger charge is 2.46. The molecule has 0 radical (unpaired) electrons. The molecule has 1 unspecified atom stereocenters. The Balaban J connectivity index is 2.02. The summed E-state index contributed by atoms with van der Waals surface area (Å²) in [5.74, 6) is 0.718. The number of hydrogen-bond acceptors (Lipinski definition) is 5. The van der Waals surface area contributed by atoms with E-state index < -0.39 is 0 Å². The van der Waals surface area contributed by atoms with Gasteiger partial charge in [0.15, 0.2) is 0 Å². The van der Waals surface area contributed by atoms with Gasteiger partial charge in [-0.15, -0.1) is 0 Å². The zero-order chi connectivity index (χ0) is 15.9. The van der Waals surface area contributed by atoms with Crippen molar-refractivity contribution < 1.29 is 9.53 Å². The number of aromatic nitrogens is 2. The Labute approximate surface area is 130 Å². The van der Waals surface area contributed by atoms with Crippen LogP contribution in [0.3, 0.4) is 0 Å². The Kier molecular flexibility index (Phi) is 3.68. The smallest absolute Gasteiger partial charge is 0.317 e. The van der Waals surface area contributed by atoms with E-state index >= 15 is 0 Å². The second kappa shape index (κ2) is 5.39. The van der Waals surface area contributed by atoms with Gasteiger partial charge < -0.3 is 19.9 Å². The third-order valence-electron chi connectivity index (χ3n) is 4.58. The average molecular weight is 305 g/mol. The largest absolute Gasteiger partial charge is 0.376 e. The van der Waals surface area contributed by atoms with Gasteiger partial charge in [0.05, 0.1) is 24.3 Å². The summed E-state index contributed by atoms with van der Waals surface area (Å²) in [6.07, 6.45) is 0.872. The first-order chi connectivity index (χ1) is 10.5. The molecule has 0 aliphatic carbocycles. The van der Waals surface area contributed by atoms with Gasteiger partial charge in [0.2, 0.25) is 5.95 Å². The van der Waals surface area contributed by atoms with Crippen molar-refractivity contribution in [1.82, 2.24) is 20.2 Å². The van der Waals surface area contributed by atoms with E-state index in [0.717, 1.165) is 35.9 Å². The molecule has 7 nitrogen and oxygen atoms in total. The summed E-state index contributed by atoms with van der Waals surface area (Å²) in [7, 11) is 5.55. The van der Waals surface area contributed by atoms with Crippen LogP contribution in [0.4, 0.5) is 10.7 Å². The number of hydrogen-bond donors (Lipinski definition) is 1. The fourth-order valence-corrected chi connectivity index (χ4v) is 3.32. The molecular weight excluding hydrogens is 282 g/mol. The van der Waals surface area contributed by atoms with E-state index in [0.29, 0.717) is 19.8 Å². The lowest BCUT2D eigenvalue weighted by Crippen LogP contribution is -2.44. The van der Waals surface area contributed by atoms with Gasteiger partial charge in [-0.3, -0.25) is 0 Å². The number of amides is 2. The SMILES string of the molecule is CNC(=O)N1CCC2(COCc3c(C)nc(N(C)C)nc32)C1. The van der Waals surface area contributed by atoms with Gasteiger partial charge >= 0.3 is 6.03 Å². The number of rotatable bonds is 1. The first-order valence-electron chi connectivity index (χ1n) is 7.56. The van der Waals surface area contributed by atoms with Gasteiger partial charge in [-0.25, -0.2) is 14.8 Å². The molecule has 1 aromatic heterocycles. The van der Waals surface area contributed by atoms with E-state index in [1.54, 1.807) is 7.05 Å². The maximum Gasteiger partial charge on any atom is 0.317 e. The number of aryl methyl sites for hydroxylation is 1. The Morgan fingerprint density at radius 2 is 2.18 bits per heavy atom. The molecule has 2 aliphatic rings. The van der Waals surface area contributed by atoms with Crippen molar-refractivity contribution in [2.45, 2.75) is 25.4 Å². The number of fused-ring (bicyclic) bond motifs is 2.